The van der Waals surface area contributed by atoms with Crippen molar-refractivity contribution in [3.8, 4) is 0 Å². The van der Waals surface area contributed by atoms with Crippen molar-refractivity contribution in [3.63, 3.8) is 0 Å². The highest BCUT2D eigenvalue weighted by Crippen LogP contribution is 2.35. The van der Waals surface area contributed by atoms with Crippen LogP contribution in [0.3, 0.4) is 0 Å². The molecule has 0 spiro atoms. The minimum Gasteiger partial charge on any atom is -0.379 e. The molecule has 20 heavy (non-hydrogen) atoms. The summed E-state index contributed by atoms with van der Waals surface area (Å²) in [6.07, 6.45) is 0.480. The maximum atomic E-state index is 12.6. The van der Waals surface area contributed by atoms with Gasteiger partial charge in [-0.3, -0.25) is 0 Å². The zero-order chi connectivity index (χ0) is 15.6. The number of anilines is 1. The van der Waals surface area contributed by atoms with Gasteiger partial charge in [0.2, 0.25) is 0 Å². The minimum atomic E-state index is -5.39. The van der Waals surface area contributed by atoms with Crippen LogP contribution < -0.4 is 11.1 Å². The Labute approximate surface area is 116 Å². The third kappa shape index (κ3) is 3.63. The topological polar surface area (TPSA) is 72.2 Å². The molecule has 1 rings (SSSR count). The molecule has 0 amide bonds. The molecule has 1 aromatic rings. The summed E-state index contributed by atoms with van der Waals surface area (Å²) in [5.74, 6) is 0. The molecule has 0 aliphatic heterocycles. The van der Waals surface area contributed by atoms with Crippen molar-refractivity contribution >= 4 is 15.5 Å². The van der Waals surface area contributed by atoms with E-state index in [1.165, 1.54) is 18.2 Å². The van der Waals surface area contributed by atoms with Crippen molar-refractivity contribution < 1.29 is 21.6 Å². The van der Waals surface area contributed by atoms with Crippen molar-refractivity contribution in [1.29, 1.82) is 0 Å². The smallest absolute Gasteiger partial charge is 0.379 e. The SMILES string of the molecule is CC(C)(CCN)Nc1ccccc1S(=O)(=O)C(F)(F)F. The number of benzene rings is 1. The van der Waals surface area contributed by atoms with Crippen molar-refractivity contribution in [1.82, 2.24) is 0 Å². The zero-order valence-electron chi connectivity index (χ0n) is 11.2. The van der Waals surface area contributed by atoms with Crippen LogP contribution in [0.4, 0.5) is 18.9 Å². The third-order valence-corrected chi connectivity index (χ3v) is 4.27. The van der Waals surface area contributed by atoms with Crippen LogP contribution in [0, 0.1) is 0 Å². The largest absolute Gasteiger partial charge is 0.501 e. The number of halogens is 3. The highest BCUT2D eigenvalue weighted by atomic mass is 32.2. The Morgan fingerprint density at radius 3 is 2.25 bits per heavy atom. The van der Waals surface area contributed by atoms with Gasteiger partial charge in [-0.25, -0.2) is 8.42 Å². The first-order valence-corrected chi connectivity index (χ1v) is 7.38. The van der Waals surface area contributed by atoms with Gasteiger partial charge in [0.05, 0.1) is 10.6 Å². The average molecular weight is 310 g/mol. The van der Waals surface area contributed by atoms with Gasteiger partial charge in [0.1, 0.15) is 0 Å². The molecule has 0 heterocycles. The Morgan fingerprint density at radius 2 is 1.75 bits per heavy atom. The molecule has 0 aliphatic rings. The number of nitrogens with two attached hydrogens (primary N) is 1. The van der Waals surface area contributed by atoms with E-state index in [1.54, 1.807) is 13.8 Å². The molecule has 3 N–H and O–H groups in total. The fourth-order valence-electron chi connectivity index (χ4n) is 1.72. The predicted molar refractivity (Wildman–Crippen MR) is 71.1 cm³/mol. The monoisotopic (exact) mass is 310 g/mol. The fraction of sp³-hybridized carbons (Fsp3) is 0.500. The van der Waals surface area contributed by atoms with Gasteiger partial charge in [-0.1, -0.05) is 12.1 Å². The van der Waals surface area contributed by atoms with E-state index in [4.69, 9.17) is 5.73 Å². The number of rotatable bonds is 5. The molecular weight excluding hydrogens is 293 g/mol. The van der Waals surface area contributed by atoms with Crippen LogP contribution in [-0.4, -0.2) is 26.0 Å². The van der Waals surface area contributed by atoms with Gasteiger partial charge in [0.15, 0.2) is 0 Å². The first-order chi connectivity index (χ1) is 9.01. The van der Waals surface area contributed by atoms with Crippen LogP contribution >= 0.6 is 0 Å². The Bertz CT molecular complexity index is 568. The van der Waals surface area contributed by atoms with Gasteiger partial charge in [-0.05, 0) is 38.9 Å². The standard InChI is InChI=1S/C12H17F3N2O2S/c1-11(2,7-8-16)17-9-5-3-4-6-10(9)20(18,19)12(13,14)15/h3-6,17H,7-8,16H2,1-2H3. The molecule has 1 aromatic carbocycles. The second-order valence-electron chi connectivity index (χ2n) is 4.99. The van der Waals surface area contributed by atoms with Crippen molar-refractivity contribution in [2.75, 3.05) is 11.9 Å². The van der Waals surface area contributed by atoms with Crippen LogP contribution in [-0.2, 0) is 9.84 Å². The molecule has 0 aromatic heterocycles. The predicted octanol–water partition coefficient (Wildman–Crippen LogP) is 2.52. The summed E-state index contributed by atoms with van der Waals surface area (Å²) in [5.41, 5.74) is -0.607. The van der Waals surface area contributed by atoms with E-state index in [2.05, 4.69) is 5.32 Å². The summed E-state index contributed by atoms with van der Waals surface area (Å²) in [6, 6.07) is 4.95. The highest BCUT2D eigenvalue weighted by molar-refractivity contribution is 7.92. The van der Waals surface area contributed by atoms with Crippen molar-refractivity contribution in [2.24, 2.45) is 5.73 Å². The molecule has 0 radical (unpaired) electrons. The Balaban J connectivity index is 3.26. The molecule has 114 valence electrons. The van der Waals surface area contributed by atoms with E-state index in [0.717, 1.165) is 6.07 Å². The Hall–Kier alpha value is -1.28. The average Bonchev–Trinajstić information content (AvgIpc) is 2.27. The number of nitrogens with one attached hydrogen (secondary N) is 1. The minimum absolute atomic E-state index is 0.0803. The summed E-state index contributed by atoms with van der Waals surface area (Å²) in [5, 5.41) is 2.81. The van der Waals surface area contributed by atoms with E-state index in [1.807, 2.05) is 0 Å². The first kappa shape index (κ1) is 16.8. The number of alkyl halides is 3. The summed E-state index contributed by atoms with van der Waals surface area (Å²) in [4.78, 5) is -0.780. The van der Waals surface area contributed by atoms with E-state index in [9.17, 15) is 21.6 Å². The maximum absolute atomic E-state index is 12.6. The van der Waals surface area contributed by atoms with Crippen LogP contribution in [0.1, 0.15) is 20.3 Å². The summed E-state index contributed by atoms with van der Waals surface area (Å²) in [7, 11) is -5.39. The van der Waals surface area contributed by atoms with Gasteiger partial charge >= 0.3 is 5.51 Å². The van der Waals surface area contributed by atoms with E-state index in [-0.39, 0.29) is 5.69 Å². The molecular formula is C12H17F3N2O2S. The van der Waals surface area contributed by atoms with Gasteiger partial charge < -0.3 is 11.1 Å². The van der Waals surface area contributed by atoms with E-state index < -0.39 is 25.8 Å². The van der Waals surface area contributed by atoms with Crippen LogP contribution in [0.5, 0.6) is 0 Å². The number of sulfone groups is 1. The first-order valence-electron chi connectivity index (χ1n) is 5.90. The van der Waals surface area contributed by atoms with Crippen LogP contribution in [0.15, 0.2) is 29.2 Å². The lowest BCUT2D eigenvalue weighted by atomic mass is 10.0. The van der Waals surface area contributed by atoms with Crippen LogP contribution in [0.2, 0.25) is 0 Å². The van der Waals surface area contributed by atoms with Crippen molar-refractivity contribution in [2.45, 2.75) is 36.2 Å². The van der Waals surface area contributed by atoms with Crippen LogP contribution in [0.25, 0.3) is 0 Å². The number of hydrogen-bond acceptors (Lipinski definition) is 4. The zero-order valence-corrected chi connectivity index (χ0v) is 12.0. The number of para-hydroxylation sites is 1. The molecule has 0 unspecified atom stereocenters. The second-order valence-corrected chi connectivity index (χ2v) is 6.90. The normalized spacial score (nSPS) is 13.3. The van der Waals surface area contributed by atoms with Gasteiger partial charge in [-0.2, -0.15) is 13.2 Å². The lowest BCUT2D eigenvalue weighted by Gasteiger charge is -2.28. The van der Waals surface area contributed by atoms with Gasteiger partial charge in [0, 0.05) is 5.54 Å². The molecule has 4 nitrogen and oxygen atoms in total. The summed E-state index contributed by atoms with van der Waals surface area (Å²) in [6.45, 7) is 3.79. The molecule has 8 heteroatoms. The highest BCUT2D eigenvalue weighted by Gasteiger charge is 2.48. The molecule has 0 saturated carbocycles. The molecule has 0 saturated heterocycles. The summed E-state index contributed by atoms with van der Waals surface area (Å²) < 4.78 is 61.0. The second kappa shape index (κ2) is 5.61. The lowest BCUT2D eigenvalue weighted by Crippen LogP contribution is -2.34. The van der Waals surface area contributed by atoms with Gasteiger partial charge in [-0.15, -0.1) is 0 Å². The lowest BCUT2D eigenvalue weighted by molar-refractivity contribution is -0.0435. The quantitative estimate of drug-likeness (QED) is 0.876. The summed E-state index contributed by atoms with van der Waals surface area (Å²) >= 11 is 0. The Morgan fingerprint density at radius 1 is 1.20 bits per heavy atom. The molecule has 0 aliphatic carbocycles. The fourth-order valence-corrected chi connectivity index (χ4v) is 2.63. The third-order valence-electron chi connectivity index (χ3n) is 2.72. The maximum Gasteiger partial charge on any atom is 0.501 e. The molecule has 0 fully saturated rings. The van der Waals surface area contributed by atoms with E-state index in [0.29, 0.717) is 13.0 Å². The Kier molecular flexibility index (Phi) is 4.70. The molecule has 0 atom stereocenters. The molecule has 0 bridgehead atoms. The number of hydrogen-bond donors (Lipinski definition) is 2. The van der Waals surface area contributed by atoms with Crippen molar-refractivity contribution in [3.05, 3.63) is 24.3 Å². The van der Waals surface area contributed by atoms with Gasteiger partial charge in [0.25, 0.3) is 9.84 Å². The van der Waals surface area contributed by atoms with E-state index >= 15 is 0 Å².